The Labute approximate surface area is 138 Å². The third-order valence-electron chi connectivity index (χ3n) is 4.57. The monoisotopic (exact) mass is 340 g/mol. The second kappa shape index (κ2) is 6.37. The highest BCUT2D eigenvalue weighted by Gasteiger charge is 2.65. The first kappa shape index (κ1) is 18.2. The zero-order valence-electron chi connectivity index (χ0n) is 13.8. The molecular formula is C16H20O8. The van der Waals surface area contributed by atoms with E-state index < -0.39 is 47.6 Å². The number of carbonyl (C=O) groups is 3. The zero-order chi connectivity index (χ0) is 18.2. The molecule has 1 saturated carbocycles. The van der Waals surface area contributed by atoms with Crippen molar-refractivity contribution in [2.45, 2.75) is 38.6 Å². The quantitative estimate of drug-likeness (QED) is 0.413. The number of aliphatic hydroxyl groups is 2. The van der Waals surface area contributed by atoms with Crippen LogP contribution in [-0.2, 0) is 28.6 Å². The van der Waals surface area contributed by atoms with Crippen LogP contribution in [0.5, 0.6) is 0 Å². The number of aliphatic hydroxyl groups excluding tert-OH is 1. The Morgan fingerprint density at radius 2 is 2.04 bits per heavy atom. The van der Waals surface area contributed by atoms with Crippen molar-refractivity contribution in [3.8, 4) is 0 Å². The van der Waals surface area contributed by atoms with Crippen LogP contribution < -0.4 is 0 Å². The van der Waals surface area contributed by atoms with E-state index in [-0.39, 0.29) is 11.1 Å². The second-order valence-corrected chi connectivity index (χ2v) is 6.02. The third kappa shape index (κ3) is 2.71. The van der Waals surface area contributed by atoms with Crippen molar-refractivity contribution in [2.24, 2.45) is 11.8 Å². The van der Waals surface area contributed by atoms with Gasteiger partial charge in [0.2, 0.25) is 0 Å². The van der Waals surface area contributed by atoms with E-state index in [4.69, 9.17) is 9.47 Å². The van der Waals surface area contributed by atoms with E-state index in [0.29, 0.717) is 0 Å². The van der Waals surface area contributed by atoms with E-state index in [9.17, 15) is 24.6 Å². The van der Waals surface area contributed by atoms with E-state index in [1.807, 2.05) is 0 Å². The highest BCUT2D eigenvalue weighted by atomic mass is 16.6. The van der Waals surface area contributed by atoms with Gasteiger partial charge in [0.15, 0.2) is 6.10 Å². The number of methoxy groups -OCH3 is 1. The first-order valence-electron chi connectivity index (χ1n) is 7.40. The highest BCUT2D eigenvalue weighted by molar-refractivity contribution is 5.93. The lowest BCUT2D eigenvalue weighted by Gasteiger charge is -2.31. The average molecular weight is 340 g/mol. The topological polar surface area (TPSA) is 119 Å². The average Bonchev–Trinajstić information content (AvgIpc) is 2.75. The maximum absolute atomic E-state index is 12.1. The Morgan fingerprint density at radius 1 is 1.42 bits per heavy atom. The molecule has 8 heteroatoms. The molecule has 0 spiro atoms. The fourth-order valence-electron chi connectivity index (χ4n) is 3.11. The van der Waals surface area contributed by atoms with Crippen molar-refractivity contribution >= 4 is 17.9 Å². The summed E-state index contributed by atoms with van der Waals surface area (Å²) in [5.74, 6) is -4.73. The van der Waals surface area contributed by atoms with Crippen LogP contribution in [0.25, 0.3) is 0 Å². The third-order valence-corrected chi connectivity index (χ3v) is 4.57. The Morgan fingerprint density at radius 3 is 2.58 bits per heavy atom. The molecule has 132 valence electrons. The van der Waals surface area contributed by atoms with E-state index >= 15 is 0 Å². The maximum Gasteiger partial charge on any atom is 0.337 e. The van der Waals surface area contributed by atoms with Gasteiger partial charge in [-0.1, -0.05) is 6.08 Å². The highest BCUT2D eigenvalue weighted by Crippen LogP contribution is 2.48. The van der Waals surface area contributed by atoms with Crippen molar-refractivity contribution < 1.29 is 38.8 Å². The number of cyclic esters (lactones) is 1. The standard InChI is InChI=1S/C16H20O8/c1-5-7(2)13(18)24-12-11(17)9-8(14(19)22-4)6-23-15(20)10(9)16(12,3)21/h5-6,9-12,17,21H,1-4H3/t9-,10-,11+,12+,16-/m1/s1. The lowest BCUT2D eigenvalue weighted by molar-refractivity contribution is -0.172. The van der Waals surface area contributed by atoms with Gasteiger partial charge >= 0.3 is 17.9 Å². The van der Waals surface area contributed by atoms with Gasteiger partial charge in [0.25, 0.3) is 0 Å². The Balaban J connectivity index is 2.41. The van der Waals surface area contributed by atoms with Crippen LogP contribution >= 0.6 is 0 Å². The lowest BCUT2D eigenvalue weighted by atomic mass is 9.81. The second-order valence-electron chi connectivity index (χ2n) is 6.02. The number of fused-ring (bicyclic) bond motifs is 1. The molecule has 2 aliphatic rings. The molecule has 0 bridgehead atoms. The van der Waals surface area contributed by atoms with Gasteiger partial charge in [0.05, 0.1) is 18.6 Å². The molecule has 24 heavy (non-hydrogen) atoms. The predicted molar refractivity (Wildman–Crippen MR) is 79.1 cm³/mol. The van der Waals surface area contributed by atoms with Crippen LogP contribution in [0.1, 0.15) is 20.8 Å². The number of rotatable bonds is 3. The van der Waals surface area contributed by atoms with E-state index in [2.05, 4.69) is 4.74 Å². The molecule has 1 fully saturated rings. The lowest BCUT2D eigenvalue weighted by Crippen LogP contribution is -2.48. The normalized spacial score (nSPS) is 35.7. The minimum Gasteiger partial charge on any atom is -0.466 e. The summed E-state index contributed by atoms with van der Waals surface area (Å²) < 4.78 is 14.6. The van der Waals surface area contributed by atoms with Crippen molar-refractivity contribution in [1.82, 2.24) is 0 Å². The van der Waals surface area contributed by atoms with Crippen molar-refractivity contribution in [1.29, 1.82) is 0 Å². The van der Waals surface area contributed by atoms with Gasteiger partial charge in [-0.3, -0.25) is 4.79 Å². The number of hydrogen-bond acceptors (Lipinski definition) is 8. The first-order chi connectivity index (χ1) is 11.2. The van der Waals surface area contributed by atoms with E-state index in [1.54, 1.807) is 6.92 Å². The number of ether oxygens (including phenoxy) is 3. The van der Waals surface area contributed by atoms with Crippen LogP contribution in [0.15, 0.2) is 23.5 Å². The zero-order valence-corrected chi connectivity index (χ0v) is 13.8. The van der Waals surface area contributed by atoms with Gasteiger partial charge in [-0.2, -0.15) is 0 Å². The summed E-state index contributed by atoms with van der Waals surface area (Å²) in [6, 6.07) is 0. The molecular weight excluding hydrogens is 320 g/mol. The van der Waals surface area contributed by atoms with Gasteiger partial charge < -0.3 is 24.4 Å². The van der Waals surface area contributed by atoms with E-state index in [0.717, 1.165) is 13.4 Å². The van der Waals surface area contributed by atoms with Crippen LogP contribution in [0.2, 0.25) is 0 Å². The predicted octanol–water partition coefficient (Wildman–Crippen LogP) is -0.164. The molecule has 0 radical (unpaired) electrons. The number of carbonyl (C=O) groups excluding carboxylic acids is 3. The summed E-state index contributed by atoms with van der Waals surface area (Å²) >= 11 is 0. The Hall–Kier alpha value is -2.19. The molecule has 2 N–H and O–H groups in total. The molecule has 1 heterocycles. The number of allylic oxidation sites excluding steroid dienone is 1. The molecule has 2 rings (SSSR count). The fraction of sp³-hybridized carbons (Fsp3) is 0.562. The van der Waals surface area contributed by atoms with Crippen LogP contribution in [0, 0.1) is 11.8 Å². The molecule has 0 amide bonds. The summed E-state index contributed by atoms with van der Waals surface area (Å²) in [5, 5.41) is 21.3. The Bertz CT molecular complexity index is 630. The molecule has 0 saturated heterocycles. The molecule has 5 atom stereocenters. The van der Waals surface area contributed by atoms with Gasteiger partial charge in [-0.25, -0.2) is 9.59 Å². The number of esters is 3. The maximum atomic E-state index is 12.1. The molecule has 0 unspecified atom stereocenters. The number of hydrogen-bond donors (Lipinski definition) is 2. The molecule has 0 aromatic carbocycles. The van der Waals surface area contributed by atoms with Crippen molar-refractivity contribution in [3.63, 3.8) is 0 Å². The van der Waals surface area contributed by atoms with Crippen LogP contribution in [0.4, 0.5) is 0 Å². The minimum atomic E-state index is -1.92. The minimum absolute atomic E-state index is 0.101. The van der Waals surface area contributed by atoms with E-state index in [1.165, 1.54) is 19.9 Å². The molecule has 1 aliphatic heterocycles. The molecule has 0 aromatic heterocycles. The van der Waals surface area contributed by atoms with Gasteiger partial charge in [0.1, 0.15) is 18.0 Å². The van der Waals surface area contributed by atoms with Crippen LogP contribution in [0.3, 0.4) is 0 Å². The van der Waals surface area contributed by atoms with Gasteiger partial charge in [-0.05, 0) is 20.8 Å². The fourth-order valence-corrected chi connectivity index (χ4v) is 3.11. The summed E-state index contributed by atoms with van der Waals surface area (Å²) in [6.07, 6.45) is -0.472. The molecule has 0 aromatic rings. The largest absolute Gasteiger partial charge is 0.466 e. The summed E-state index contributed by atoms with van der Waals surface area (Å²) in [7, 11) is 1.14. The van der Waals surface area contributed by atoms with Gasteiger partial charge in [-0.15, -0.1) is 0 Å². The van der Waals surface area contributed by atoms with Gasteiger partial charge in [0, 0.05) is 11.5 Å². The summed E-state index contributed by atoms with van der Waals surface area (Å²) in [6.45, 7) is 4.40. The summed E-state index contributed by atoms with van der Waals surface area (Å²) in [4.78, 5) is 35.9. The molecule has 8 nitrogen and oxygen atoms in total. The summed E-state index contributed by atoms with van der Waals surface area (Å²) in [5.41, 5.74) is -1.74. The first-order valence-corrected chi connectivity index (χ1v) is 7.40. The SMILES string of the molecule is CC=C(C)C(=O)O[C@H]1[C@@H](O)[C@@H]2C(C(=O)OC)=COC(=O)[C@@H]2[C@@]1(C)O. The molecule has 1 aliphatic carbocycles. The van der Waals surface area contributed by atoms with Crippen molar-refractivity contribution in [2.75, 3.05) is 7.11 Å². The van der Waals surface area contributed by atoms with Crippen molar-refractivity contribution in [3.05, 3.63) is 23.5 Å². The van der Waals surface area contributed by atoms with Crippen LogP contribution in [-0.4, -0.2) is 53.0 Å². The smallest absolute Gasteiger partial charge is 0.337 e. The Kier molecular flexibility index (Phi) is 4.82.